The molecule has 0 spiro atoms. The van der Waals surface area contributed by atoms with Gasteiger partial charge in [0, 0.05) is 33.2 Å². The van der Waals surface area contributed by atoms with Gasteiger partial charge in [0.1, 0.15) is 0 Å². The molecule has 0 radical (unpaired) electrons. The van der Waals surface area contributed by atoms with E-state index in [2.05, 4.69) is 39.1 Å². The first-order valence-electron chi connectivity index (χ1n) is 5.32. The highest BCUT2D eigenvalue weighted by Gasteiger charge is 2.01. The summed E-state index contributed by atoms with van der Waals surface area (Å²) in [6.07, 6.45) is 4.71. The Morgan fingerprint density at radius 2 is 1.94 bits per heavy atom. The lowest BCUT2D eigenvalue weighted by Crippen LogP contribution is -1.90. The highest BCUT2D eigenvalue weighted by Crippen LogP contribution is 2.29. The van der Waals surface area contributed by atoms with Gasteiger partial charge in [0.25, 0.3) is 0 Å². The van der Waals surface area contributed by atoms with Crippen molar-refractivity contribution in [2.24, 2.45) is 0 Å². The minimum absolute atomic E-state index is 0.787. The molecule has 2 N–H and O–H groups in total. The maximum atomic E-state index is 5.70. The topological polar surface area (TPSA) is 38.9 Å². The third-order valence-corrected chi connectivity index (χ3v) is 4.35. The molecule has 0 saturated heterocycles. The molecule has 1 heterocycles. The van der Waals surface area contributed by atoms with Gasteiger partial charge in [-0.1, -0.05) is 0 Å². The largest absolute Gasteiger partial charge is 0.399 e. The SMILES string of the molecule is Nc1ccc(SCCc2ccncc2)c(Br)c1. The number of pyridine rings is 1. The molecule has 0 amide bonds. The second-order valence-corrected chi connectivity index (χ2v) is 5.63. The molecular formula is C13H13BrN2S. The van der Waals surface area contributed by atoms with Crippen LogP contribution in [0.15, 0.2) is 52.1 Å². The van der Waals surface area contributed by atoms with Crippen LogP contribution in [0.3, 0.4) is 0 Å². The Bertz CT molecular complexity index is 488. The van der Waals surface area contributed by atoms with E-state index in [0.717, 1.165) is 22.3 Å². The third kappa shape index (κ3) is 3.75. The smallest absolute Gasteiger partial charge is 0.0331 e. The summed E-state index contributed by atoms with van der Waals surface area (Å²) in [5, 5.41) is 0. The molecule has 2 aromatic rings. The number of halogens is 1. The summed E-state index contributed by atoms with van der Waals surface area (Å²) in [6, 6.07) is 10.0. The second-order valence-electron chi connectivity index (χ2n) is 3.64. The van der Waals surface area contributed by atoms with Crippen molar-refractivity contribution in [3.05, 3.63) is 52.8 Å². The molecule has 0 atom stereocenters. The van der Waals surface area contributed by atoms with Crippen LogP contribution in [0.4, 0.5) is 5.69 Å². The van der Waals surface area contributed by atoms with Crippen molar-refractivity contribution in [2.45, 2.75) is 11.3 Å². The average Bonchev–Trinajstić information content (AvgIpc) is 2.33. The number of rotatable bonds is 4. The van der Waals surface area contributed by atoms with Crippen molar-refractivity contribution in [2.75, 3.05) is 11.5 Å². The molecule has 2 nitrogen and oxygen atoms in total. The predicted octanol–water partition coefficient (Wildman–Crippen LogP) is 3.76. The quantitative estimate of drug-likeness (QED) is 0.690. The van der Waals surface area contributed by atoms with Crippen LogP contribution in [-0.2, 0) is 6.42 Å². The van der Waals surface area contributed by atoms with Crippen molar-refractivity contribution in [1.29, 1.82) is 0 Å². The number of benzene rings is 1. The summed E-state index contributed by atoms with van der Waals surface area (Å²) in [5.41, 5.74) is 7.81. The first-order valence-corrected chi connectivity index (χ1v) is 7.10. The van der Waals surface area contributed by atoms with Crippen LogP contribution in [-0.4, -0.2) is 10.7 Å². The van der Waals surface area contributed by atoms with Crippen molar-refractivity contribution in [3.8, 4) is 0 Å². The molecule has 88 valence electrons. The van der Waals surface area contributed by atoms with Crippen LogP contribution in [0, 0.1) is 0 Å². The standard InChI is InChI=1S/C13H13BrN2S/c14-12-9-11(15)1-2-13(12)17-8-5-10-3-6-16-7-4-10/h1-4,6-7,9H,5,8,15H2. The highest BCUT2D eigenvalue weighted by molar-refractivity contribution is 9.10. The lowest BCUT2D eigenvalue weighted by Gasteiger charge is -2.05. The molecule has 0 saturated carbocycles. The fourth-order valence-electron chi connectivity index (χ4n) is 1.46. The fourth-order valence-corrected chi connectivity index (χ4v) is 3.12. The molecule has 0 unspecified atom stereocenters. The minimum Gasteiger partial charge on any atom is -0.399 e. The Hall–Kier alpha value is -1.00. The summed E-state index contributed by atoms with van der Waals surface area (Å²) in [5.74, 6) is 1.05. The van der Waals surface area contributed by atoms with E-state index in [1.54, 1.807) is 0 Å². The maximum Gasteiger partial charge on any atom is 0.0331 e. The number of nitrogens with zero attached hydrogens (tertiary/aromatic N) is 1. The van der Waals surface area contributed by atoms with Gasteiger partial charge in [0.2, 0.25) is 0 Å². The van der Waals surface area contributed by atoms with E-state index in [-0.39, 0.29) is 0 Å². The van der Waals surface area contributed by atoms with Crippen LogP contribution < -0.4 is 5.73 Å². The first-order chi connectivity index (χ1) is 8.25. The highest BCUT2D eigenvalue weighted by atomic mass is 79.9. The molecule has 0 aliphatic heterocycles. The normalized spacial score (nSPS) is 10.4. The van der Waals surface area contributed by atoms with E-state index in [4.69, 9.17) is 5.73 Å². The van der Waals surface area contributed by atoms with Gasteiger partial charge in [0.15, 0.2) is 0 Å². The number of nitrogens with two attached hydrogens (primary N) is 1. The Kier molecular flexibility index (Phi) is 4.45. The second kappa shape index (κ2) is 6.07. The van der Waals surface area contributed by atoms with Gasteiger partial charge in [-0.15, -0.1) is 11.8 Å². The van der Waals surface area contributed by atoms with Crippen molar-refractivity contribution in [3.63, 3.8) is 0 Å². The molecule has 1 aromatic heterocycles. The van der Waals surface area contributed by atoms with E-state index in [9.17, 15) is 0 Å². The Morgan fingerprint density at radius 1 is 1.18 bits per heavy atom. The monoisotopic (exact) mass is 308 g/mol. The van der Waals surface area contributed by atoms with Crippen molar-refractivity contribution >= 4 is 33.4 Å². The fraction of sp³-hybridized carbons (Fsp3) is 0.154. The molecule has 0 bridgehead atoms. The van der Waals surface area contributed by atoms with Gasteiger partial charge in [-0.3, -0.25) is 4.98 Å². The average molecular weight is 309 g/mol. The van der Waals surface area contributed by atoms with Crippen LogP contribution >= 0.6 is 27.7 Å². The van der Waals surface area contributed by atoms with E-state index in [1.165, 1.54) is 10.5 Å². The molecule has 0 aliphatic rings. The van der Waals surface area contributed by atoms with Crippen LogP contribution in [0.5, 0.6) is 0 Å². The number of nitrogen functional groups attached to an aromatic ring is 1. The number of aryl methyl sites for hydroxylation is 1. The number of anilines is 1. The molecule has 1 aromatic carbocycles. The molecule has 4 heteroatoms. The van der Waals surface area contributed by atoms with Crippen LogP contribution in [0.2, 0.25) is 0 Å². The van der Waals surface area contributed by atoms with Gasteiger partial charge in [0.05, 0.1) is 0 Å². The van der Waals surface area contributed by atoms with E-state index in [1.807, 2.05) is 36.3 Å². The number of hydrogen-bond acceptors (Lipinski definition) is 3. The minimum atomic E-state index is 0.787. The Labute approximate surface area is 114 Å². The first kappa shape index (κ1) is 12.5. The molecular weight excluding hydrogens is 296 g/mol. The molecule has 2 rings (SSSR count). The lowest BCUT2D eigenvalue weighted by molar-refractivity contribution is 1.13. The number of aromatic nitrogens is 1. The van der Waals surface area contributed by atoms with Crippen molar-refractivity contribution < 1.29 is 0 Å². The summed E-state index contributed by atoms with van der Waals surface area (Å²) in [4.78, 5) is 5.24. The van der Waals surface area contributed by atoms with Gasteiger partial charge in [-0.05, 0) is 58.2 Å². The van der Waals surface area contributed by atoms with Gasteiger partial charge >= 0.3 is 0 Å². The molecule has 0 aliphatic carbocycles. The molecule has 0 fully saturated rings. The van der Waals surface area contributed by atoms with Crippen LogP contribution in [0.25, 0.3) is 0 Å². The summed E-state index contributed by atoms with van der Waals surface area (Å²) >= 11 is 5.35. The van der Waals surface area contributed by atoms with E-state index < -0.39 is 0 Å². The third-order valence-electron chi connectivity index (χ3n) is 2.35. The zero-order chi connectivity index (χ0) is 12.1. The summed E-state index contributed by atoms with van der Waals surface area (Å²) in [7, 11) is 0. The summed E-state index contributed by atoms with van der Waals surface area (Å²) < 4.78 is 1.07. The number of thioether (sulfide) groups is 1. The van der Waals surface area contributed by atoms with E-state index >= 15 is 0 Å². The zero-order valence-corrected chi connectivity index (χ0v) is 11.7. The van der Waals surface area contributed by atoms with Crippen molar-refractivity contribution in [1.82, 2.24) is 4.98 Å². The van der Waals surface area contributed by atoms with Gasteiger partial charge < -0.3 is 5.73 Å². The zero-order valence-electron chi connectivity index (χ0n) is 9.27. The Morgan fingerprint density at radius 3 is 2.65 bits per heavy atom. The Balaban J connectivity index is 1.90. The summed E-state index contributed by atoms with van der Waals surface area (Å²) in [6.45, 7) is 0. The molecule has 17 heavy (non-hydrogen) atoms. The van der Waals surface area contributed by atoms with Gasteiger partial charge in [-0.25, -0.2) is 0 Å². The number of hydrogen-bond donors (Lipinski definition) is 1. The van der Waals surface area contributed by atoms with E-state index in [0.29, 0.717) is 0 Å². The van der Waals surface area contributed by atoms with Gasteiger partial charge in [-0.2, -0.15) is 0 Å². The van der Waals surface area contributed by atoms with Crippen LogP contribution in [0.1, 0.15) is 5.56 Å². The lowest BCUT2D eigenvalue weighted by atomic mass is 10.2. The predicted molar refractivity (Wildman–Crippen MR) is 77.2 cm³/mol. The maximum absolute atomic E-state index is 5.70.